The van der Waals surface area contributed by atoms with Crippen LogP contribution in [0.25, 0.3) is 0 Å². The lowest BCUT2D eigenvalue weighted by Crippen LogP contribution is -2.19. The molecule has 0 fully saturated rings. The second-order valence-corrected chi connectivity index (χ2v) is 2.74. The molecule has 8 heavy (non-hydrogen) atoms. The summed E-state index contributed by atoms with van der Waals surface area (Å²) in [6.07, 6.45) is 0. The van der Waals surface area contributed by atoms with Gasteiger partial charge in [0.1, 0.15) is 7.85 Å². The topological polar surface area (TPSA) is 32.6 Å². The van der Waals surface area contributed by atoms with Crippen molar-refractivity contribution < 1.29 is 5.21 Å². The Morgan fingerprint density at radius 3 is 1.88 bits per heavy atom. The highest BCUT2D eigenvalue weighted by Gasteiger charge is 2.12. The van der Waals surface area contributed by atoms with Crippen molar-refractivity contribution in [3.8, 4) is 0 Å². The predicted molar refractivity (Wildman–Crippen MR) is 34.4 cm³/mol. The zero-order chi connectivity index (χ0) is 6.78. The SMILES string of the molecule is [B]/C(=N\O)C(C)(C)C. The van der Waals surface area contributed by atoms with Crippen molar-refractivity contribution in [1.82, 2.24) is 0 Å². The predicted octanol–water partition coefficient (Wildman–Crippen LogP) is 0.989. The third-order valence-corrected chi connectivity index (χ3v) is 0.876. The second kappa shape index (κ2) is 2.20. The van der Waals surface area contributed by atoms with Gasteiger partial charge in [-0.2, -0.15) is 0 Å². The first-order valence-electron chi connectivity index (χ1n) is 2.46. The minimum Gasteiger partial charge on any atom is -0.412 e. The van der Waals surface area contributed by atoms with E-state index in [0.29, 0.717) is 0 Å². The van der Waals surface area contributed by atoms with Crippen LogP contribution >= 0.6 is 0 Å². The van der Waals surface area contributed by atoms with E-state index in [1.54, 1.807) is 0 Å². The van der Waals surface area contributed by atoms with Crippen molar-refractivity contribution in [2.45, 2.75) is 20.8 Å². The van der Waals surface area contributed by atoms with E-state index in [-0.39, 0.29) is 11.0 Å². The van der Waals surface area contributed by atoms with E-state index in [2.05, 4.69) is 5.16 Å². The summed E-state index contributed by atoms with van der Waals surface area (Å²) in [5.74, 6) is 0. The molecule has 0 spiro atoms. The Hall–Kier alpha value is -0.465. The molecule has 2 radical (unpaired) electrons. The molecule has 0 saturated heterocycles. The molecule has 0 unspecified atom stereocenters. The van der Waals surface area contributed by atoms with Gasteiger partial charge in [0.15, 0.2) is 0 Å². The molecule has 0 rings (SSSR count). The maximum absolute atomic E-state index is 8.13. The molecule has 0 atom stereocenters. The average Bonchev–Trinajstić information content (AvgIpc) is 1.62. The summed E-state index contributed by atoms with van der Waals surface area (Å²) in [6, 6.07) is 0. The van der Waals surface area contributed by atoms with Crippen molar-refractivity contribution in [3.05, 3.63) is 0 Å². The normalized spacial score (nSPS) is 14.1. The monoisotopic (exact) mass is 111 g/mol. The van der Waals surface area contributed by atoms with Gasteiger partial charge < -0.3 is 5.21 Å². The Morgan fingerprint density at radius 1 is 1.50 bits per heavy atom. The largest absolute Gasteiger partial charge is 0.412 e. The van der Waals surface area contributed by atoms with Gasteiger partial charge in [0.05, 0.1) is 0 Å². The minimum atomic E-state index is -0.214. The maximum Gasteiger partial charge on any atom is 0.140 e. The molecule has 0 aliphatic carbocycles. The average molecular weight is 111 g/mol. The Morgan fingerprint density at radius 2 is 1.88 bits per heavy atom. The van der Waals surface area contributed by atoms with Crippen LogP contribution in [0.4, 0.5) is 0 Å². The van der Waals surface area contributed by atoms with Crippen LogP contribution in [0.5, 0.6) is 0 Å². The first-order chi connectivity index (χ1) is 3.48. The van der Waals surface area contributed by atoms with E-state index < -0.39 is 0 Å². The van der Waals surface area contributed by atoms with Gasteiger partial charge in [0.25, 0.3) is 0 Å². The molecule has 0 aliphatic heterocycles. The molecule has 44 valence electrons. The molecule has 0 amide bonds. The van der Waals surface area contributed by atoms with Gasteiger partial charge in [0, 0.05) is 5.61 Å². The number of oxime groups is 1. The molecule has 0 saturated carbocycles. The van der Waals surface area contributed by atoms with E-state index >= 15 is 0 Å². The summed E-state index contributed by atoms with van der Waals surface area (Å²) in [7, 11) is 5.25. The molecule has 0 bridgehead atoms. The van der Waals surface area contributed by atoms with Crippen LogP contribution in [-0.4, -0.2) is 18.7 Å². The molecule has 0 aliphatic rings. The molecule has 1 N–H and O–H groups in total. The number of rotatable bonds is 0. The number of hydrogen-bond donors (Lipinski definition) is 1. The van der Waals surface area contributed by atoms with Crippen LogP contribution in [0, 0.1) is 5.41 Å². The maximum atomic E-state index is 8.13. The van der Waals surface area contributed by atoms with Gasteiger partial charge in [-0.15, -0.1) is 5.16 Å². The van der Waals surface area contributed by atoms with Crippen LogP contribution in [0.15, 0.2) is 5.16 Å². The Bertz CT molecular complexity index is 103. The van der Waals surface area contributed by atoms with Crippen molar-refractivity contribution >= 4 is 13.5 Å². The molecule has 0 aromatic rings. The zero-order valence-electron chi connectivity index (χ0n) is 5.47. The smallest absolute Gasteiger partial charge is 0.140 e. The molecule has 0 aromatic heterocycles. The summed E-state index contributed by atoms with van der Waals surface area (Å²) in [5.41, 5.74) is 0.0480. The minimum absolute atomic E-state index is 0.214. The zero-order valence-corrected chi connectivity index (χ0v) is 5.47. The fourth-order valence-corrected chi connectivity index (χ4v) is 0.150. The van der Waals surface area contributed by atoms with Crippen molar-refractivity contribution in [1.29, 1.82) is 0 Å². The molecular formula is C5H10BNO. The van der Waals surface area contributed by atoms with Crippen molar-refractivity contribution in [2.24, 2.45) is 10.6 Å². The third kappa shape index (κ3) is 2.00. The van der Waals surface area contributed by atoms with E-state index in [4.69, 9.17) is 13.1 Å². The van der Waals surface area contributed by atoms with Gasteiger partial charge in [0.2, 0.25) is 0 Å². The summed E-state index contributed by atoms with van der Waals surface area (Å²) >= 11 is 0. The Balaban J connectivity index is 4.03. The molecular weight excluding hydrogens is 101 g/mol. The lowest BCUT2D eigenvalue weighted by atomic mass is 9.78. The summed E-state index contributed by atoms with van der Waals surface area (Å²) in [5, 5.41) is 11.0. The standard InChI is InChI=1S/C5H10BNO/c1-5(2,3)4(6)7-8/h8H,1-3H3/b7-4-. The molecule has 0 heterocycles. The highest BCUT2D eigenvalue weighted by molar-refractivity contribution is 6.60. The summed E-state index contributed by atoms with van der Waals surface area (Å²) in [4.78, 5) is 0. The summed E-state index contributed by atoms with van der Waals surface area (Å²) in [6.45, 7) is 5.63. The summed E-state index contributed by atoms with van der Waals surface area (Å²) < 4.78 is 0. The van der Waals surface area contributed by atoms with E-state index in [0.717, 1.165) is 0 Å². The van der Waals surface area contributed by atoms with E-state index in [1.165, 1.54) is 0 Å². The van der Waals surface area contributed by atoms with Gasteiger partial charge in [-0.3, -0.25) is 0 Å². The van der Waals surface area contributed by atoms with Crippen molar-refractivity contribution in [3.63, 3.8) is 0 Å². The number of nitrogens with zero attached hydrogens (tertiary/aromatic N) is 1. The first kappa shape index (κ1) is 7.53. The highest BCUT2D eigenvalue weighted by atomic mass is 16.4. The van der Waals surface area contributed by atoms with Crippen LogP contribution in [0.3, 0.4) is 0 Å². The first-order valence-corrected chi connectivity index (χ1v) is 2.46. The van der Waals surface area contributed by atoms with E-state index in [1.807, 2.05) is 20.8 Å². The highest BCUT2D eigenvalue weighted by Crippen LogP contribution is 2.12. The van der Waals surface area contributed by atoms with E-state index in [9.17, 15) is 0 Å². The molecule has 2 nitrogen and oxygen atoms in total. The van der Waals surface area contributed by atoms with Crippen LogP contribution in [0.2, 0.25) is 0 Å². The fourth-order valence-electron chi connectivity index (χ4n) is 0.150. The molecule has 3 heteroatoms. The lowest BCUT2D eigenvalue weighted by molar-refractivity contribution is 0.313. The van der Waals surface area contributed by atoms with Gasteiger partial charge in [-0.25, -0.2) is 0 Å². The molecule has 0 aromatic carbocycles. The van der Waals surface area contributed by atoms with Gasteiger partial charge in [-0.1, -0.05) is 20.8 Å². The van der Waals surface area contributed by atoms with Crippen LogP contribution in [-0.2, 0) is 0 Å². The van der Waals surface area contributed by atoms with Crippen molar-refractivity contribution in [2.75, 3.05) is 0 Å². The Kier molecular flexibility index (Phi) is 2.07. The number of hydrogen-bond acceptors (Lipinski definition) is 2. The van der Waals surface area contributed by atoms with Crippen LogP contribution in [0.1, 0.15) is 20.8 Å². The second-order valence-electron chi connectivity index (χ2n) is 2.74. The van der Waals surface area contributed by atoms with Gasteiger partial charge in [-0.05, 0) is 5.41 Å². The Labute approximate surface area is 51.0 Å². The quantitative estimate of drug-likeness (QED) is 0.215. The lowest BCUT2D eigenvalue weighted by Gasteiger charge is -2.15. The third-order valence-electron chi connectivity index (χ3n) is 0.876. The fraction of sp³-hybridized carbons (Fsp3) is 0.800. The van der Waals surface area contributed by atoms with Crippen LogP contribution < -0.4 is 0 Å². The van der Waals surface area contributed by atoms with Gasteiger partial charge >= 0.3 is 0 Å².